The number of hydrogen-bond acceptors (Lipinski definition) is 4. The Labute approximate surface area is 140 Å². The number of piperazine rings is 1. The molecular weight excluding hydrogens is 308 g/mol. The number of carbonyl (C=O) groups is 1. The van der Waals surface area contributed by atoms with Crippen molar-refractivity contribution in [2.75, 3.05) is 37.6 Å². The topological polar surface area (TPSA) is 48.5 Å². The van der Waals surface area contributed by atoms with Crippen LogP contribution in [0.1, 0.15) is 12.5 Å². The molecule has 1 fully saturated rings. The highest BCUT2D eigenvalue weighted by Crippen LogP contribution is 2.31. The van der Waals surface area contributed by atoms with Gasteiger partial charge in [0.25, 0.3) is 0 Å². The van der Waals surface area contributed by atoms with Crippen molar-refractivity contribution >= 4 is 32.7 Å². The zero-order valence-electron chi connectivity index (χ0n) is 13.4. The molecule has 122 valence electrons. The molecule has 1 aliphatic heterocycles. The fourth-order valence-electron chi connectivity index (χ4n) is 2.79. The van der Waals surface area contributed by atoms with Crippen LogP contribution in [0.2, 0.25) is 0 Å². The summed E-state index contributed by atoms with van der Waals surface area (Å²) in [7, 11) is 0. The number of fused-ring (bicyclic) bond motifs is 1. The van der Waals surface area contributed by atoms with Crippen molar-refractivity contribution in [2.24, 2.45) is 0 Å². The molecule has 0 saturated carbocycles. The number of para-hydroxylation sites is 1. The summed E-state index contributed by atoms with van der Waals surface area (Å²) in [6, 6.07) is 6.37. The molecule has 0 aliphatic carbocycles. The molecule has 2 amide bonds. The highest BCUT2D eigenvalue weighted by Gasteiger charge is 2.23. The SMILES string of the molecule is C=CCNC(=O)N1CCN(c2nc3c(CC)cccc3s2)CC1. The van der Waals surface area contributed by atoms with Crippen LogP contribution in [0.25, 0.3) is 10.2 Å². The summed E-state index contributed by atoms with van der Waals surface area (Å²) in [4.78, 5) is 20.9. The molecule has 3 rings (SSSR count). The van der Waals surface area contributed by atoms with Gasteiger partial charge < -0.3 is 15.1 Å². The minimum absolute atomic E-state index is 0.0119. The van der Waals surface area contributed by atoms with Crippen molar-refractivity contribution in [1.29, 1.82) is 0 Å². The number of benzene rings is 1. The second-order valence-electron chi connectivity index (χ2n) is 5.56. The van der Waals surface area contributed by atoms with Gasteiger partial charge in [0.15, 0.2) is 5.13 Å². The Morgan fingerprint density at radius 3 is 2.87 bits per heavy atom. The molecule has 1 saturated heterocycles. The molecule has 1 aliphatic rings. The minimum Gasteiger partial charge on any atom is -0.345 e. The van der Waals surface area contributed by atoms with E-state index in [0.29, 0.717) is 6.54 Å². The van der Waals surface area contributed by atoms with Crippen molar-refractivity contribution in [2.45, 2.75) is 13.3 Å². The number of carbonyl (C=O) groups excluding carboxylic acids is 1. The lowest BCUT2D eigenvalue weighted by atomic mass is 10.1. The lowest BCUT2D eigenvalue weighted by Gasteiger charge is -2.34. The van der Waals surface area contributed by atoms with Crippen LogP contribution >= 0.6 is 11.3 Å². The number of aromatic nitrogens is 1. The average molecular weight is 330 g/mol. The number of urea groups is 1. The summed E-state index contributed by atoms with van der Waals surface area (Å²) < 4.78 is 1.24. The fourth-order valence-corrected chi connectivity index (χ4v) is 3.85. The maximum atomic E-state index is 12.0. The molecule has 0 radical (unpaired) electrons. The monoisotopic (exact) mass is 330 g/mol. The zero-order chi connectivity index (χ0) is 16.2. The Hall–Kier alpha value is -2.08. The van der Waals surface area contributed by atoms with Crippen LogP contribution < -0.4 is 10.2 Å². The van der Waals surface area contributed by atoms with Crippen molar-refractivity contribution in [3.63, 3.8) is 0 Å². The first kappa shape index (κ1) is 15.8. The van der Waals surface area contributed by atoms with Gasteiger partial charge in [0, 0.05) is 32.7 Å². The van der Waals surface area contributed by atoms with Crippen LogP contribution in [0.5, 0.6) is 0 Å². The van der Waals surface area contributed by atoms with E-state index < -0.39 is 0 Å². The van der Waals surface area contributed by atoms with Gasteiger partial charge in [-0.1, -0.05) is 36.5 Å². The largest absolute Gasteiger partial charge is 0.345 e. The molecule has 1 aromatic carbocycles. The number of nitrogens with zero attached hydrogens (tertiary/aromatic N) is 3. The smallest absolute Gasteiger partial charge is 0.317 e. The molecule has 2 heterocycles. The minimum atomic E-state index is -0.0119. The van der Waals surface area contributed by atoms with Crippen molar-refractivity contribution in [3.05, 3.63) is 36.4 Å². The predicted molar refractivity (Wildman–Crippen MR) is 96.4 cm³/mol. The molecule has 0 atom stereocenters. The molecule has 6 heteroatoms. The van der Waals surface area contributed by atoms with Crippen LogP contribution in [0.3, 0.4) is 0 Å². The molecule has 1 aromatic heterocycles. The highest BCUT2D eigenvalue weighted by atomic mass is 32.1. The molecular formula is C17H22N4OS. The third kappa shape index (κ3) is 3.32. The summed E-state index contributed by atoms with van der Waals surface area (Å²) in [5.74, 6) is 0. The molecule has 0 bridgehead atoms. The Balaban J connectivity index is 1.68. The number of rotatable bonds is 4. The van der Waals surface area contributed by atoms with E-state index in [4.69, 9.17) is 4.98 Å². The maximum absolute atomic E-state index is 12.0. The van der Waals surface area contributed by atoms with Crippen molar-refractivity contribution in [1.82, 2.24) is 15.2 Å². The maximum Gasteiger partial charge on any atom is 0.317 e. The summed E-state index contributed by atoms with van der Waals surface area (Å²) in [5, 5.41) is 3.89. The van der Waals surface area contributed by atoms with Crippen LogP contribution in [-0.2, 0) is 6.42 Å². The van der Waals surface area contributed by atoms with Crippen LogP contribution in [0, 0.1) is 0 Å². The third-order valence-corrected chi connectivity index (χ3v) is 5.19. The summed E-state index contributed by atoms with van der Waals surface area (Å²) >= 11 is 1.74. The fraction of sp³-hybridized carbons (Fsp3) is 0.412. The lowest BCUT2D eigenvalue weighted by molar-refractivity contribution is 0.195. The van der Waals surface area contributed by atoms with Gasteiger partial charge in [-0.25, -0.2) is 9.78 Å². The highest BCUT2D eigenvalue weighted by molar-refractivity contribution is 7.22. The summed E-state index contributed by atoms with van der Waals surface area (Å²) in [5.41, 5.74) is 2.42. The van der Waals surface area contributed by atoms with E-state index in [-0.39, 0.29) is 6.03 Å². The van der Waals surface area contributed by atoms with Crippen molar-refractivity contribution < 1.29 is 4.79 Å². The van der Waals surface area contributed by atoms with Gasteiger partial charge in [0.05, 0.1) is 10.2 Å². The van der Waals surface area contributed by atoms with E-state index in [1.54, 1.807) is 17.4 Å². The standard InChI is InChI=1S/C17H22N4OS/c1-3-8-18-16(22)20-9-11-21(12-10-20)17-19-15-13(4-2)6-5-7-14(15)23-17/h3,5-7H,1,4,8-12H2,2H3,(H,18,22). The lowest BCUT2D eigenvalue weighted by Crippen LogP contribution is -2.51. The Morgan fingerprint density at radius 1 is 1.39 bits per heavy atom. The Bertz CT molecular complexity index is 704. The van der Waals surface area contributed by atoms with Gasteiger partial charge in [-0.3, -0.25) is 0 Å². The molecule has 1 N–H and O–H groups in total. The van der Waals surface area contributed by atoms with Crippen molar-refractivity contribution in [3.8, 4) is 0 Å². The third-order valence-electron chi connectivity index (χ3n) is 4.11. The van der Waals surface area contributed by atoms with Gasteiger partial charge >= 0.3 is 6.03 Å². The van der Waals surface area contributed by atoms with Gasteiger partial charge in [0.1, 0.15) is 0 Å². The number of thiazole rings is 1. The zero-order valence-corrected chi connectivity index (χ0v) is 14.2. The van der Waals surface area contributed by atoms with Gasteiger partial charge in [-0.2, -0.15) is 0 Å². The Kier molecular flexibility index (Phi) is 4.81. The Morgan fingerprint density at radius 2 is 2.17 bits per heavy atom. The van der Waals surface area contributed by atoms with E-state index in [1.807, 2.05) is 4.90 Å². The number of nitrogens with one attached hydrogen (secondary N) is 1. The predicted octanol–water partition coefficient (Wildman–Crippen LogP) is 2.88. The molecule has 5 nitrogen and oxygen atoms in total. The summed E-state index contributed by atoms with van der Waals surface area (Å²) in [6.07, 6.45) is 2.69. The normalized spacial score (nSPS) is 15.0. The number of hydrogen-bond donors (Lipinski definition) is 1. The first-order chi connectivity index (χ1) is 11.2. The van der Waals surface area contributed by atoms with E-state index >= 15 is 0 Å². The van der Waals surface area contributed by atoms with E-state index in [0.717, 1.165) is 43.2 Å². The molecule has 2 aromatic rings. The number of anilines is 1. The van der Waals surface area contributed by atoms with Gasteiger partial charge in [0.2, 0.25) is 0 Å². The van der Waals surface area contributed by atoms with E-state index in [9.17, 15) is 4.79 Å². The first-order valence-corrected chi connectivity index (χ1v) is 8.81. The quantitative estimate of drug-likeness (QED) is 0.877. The second-order valence-corrected chi connectivity index (χ2v) is 6.57. The summed E-state index contributed by atoms with van der Waals surface area (Å²) in [6.45, 7) is 9.38. The molecule has 0 unspecified atom stereocenters. The van der Waals surface area contributed by atoms with E-state index in [1.165, 1.54) is 10.3 Å². The van der Waals surface area contributed by atoms with Crippen LogP contribution in [0.4, 0.5) is 9.93 Å². The number of aryl methyl sites for hydroxylation is 1. The first-order valence-electron chi connectivity index (χ1n) is 8.00. The molecule has 0 spiro atoms. The van der Waals surface area contributed by atoms with Crippen LogP contribution in [-0.4, -0.2) is 48.6 Å². The van der Waals surface area contributed by atoms with Gasteiger partial charge in [-0.15, -0.1) is 6.58 Å². The van der Waals surface area contributed by atoms with Crippen LogP contribution in [0.15, 0.2) is 30.9 Å². The van der Waals surface area contributed by atoms with E-state index in [2.05, 4.69) is 41.9 Å². The number of amides is 2. The second kappa shape index (κ2) is 7.00. The van der Waals surface area contributed by atoms with Gasteiger partial charge in [-0.05, 0) is 18.1 Å². The average Bonchev–Trinajstić information content (AvgIpc) is 3.04. The molecule has 23 heavy (non-hydrogen) atoms.